The van der Waals surface area contributed by atoms with Crippen molar-refractivity contribution in [2.75, 3.05) is 25.5 Å². The van der Waals surface area contributed by atoms with Gasteiger partial charge in [-0.05, 0) is 46.7 Å². The predicted molar refractivity (Wildman–Crippen MR) is 90.3 cm³/mol. The molecular weight excluding hydrogens is 276 g/mol. The van der Waals surface area contributed by atoms with Crippen molar-refractivity contribution in [3.8, 4) is 0 Å². The fraction of sp³-hybridized carbons (Fsp3) is 0.688. The first-order valence-corrected chi connectivity index (χ1v) is 8.25. The van der Waals surface area contributed by atoms with E-state index in [1.165, 1.54) is 6.42 Å². The average Bonchev–Trinajstić information content (AvgIpc) is 2.95. The van der Waals surface area contributed by atoms with E-state index >= 15 is 0 Å². The van der Waals surface area contributed by atoms with Gasteiger partial charge in [0.05, 0.1) is 0 Å². The van der Waals surface area contributed by atoms with E-state index in [1.54, 1.807) is 10.8 Å². The van der Waals surface area contributed by atoms with E-state index in [9.17, 15) is 0 Å². The zero-order valence-corrected chi connectivity index (χ0v) is 14.2. The van der Waals surface area contributed by atoms with E-state index in [4.69, 9.17) is 0 Å². The lowest BCUT2D eigenvalue weighted by molar-refractivity contribution is 0.269. The van der Waals surface area contributed by atoms with Crippen LogP contribution < -0.4 is 5.32 Å². The summed E-state index contributed by atoms with van der Waals surface area (Å²) >= 11 is 0. The van der Waals surface area contributed by atoms with Crippen LogP contribution in [0, 0.1) is 0 Å². The molecule has 0 unspecified atom stereocenters. The third-order valence-electron chi connectivity index (χ3n) is 3.94. The number of unbranched alkanes of at least 4 members (excludes halogenated alkanes) is 1. The molecule has 0 aliphatic heterocycles. The Morgan fingerprint density at radius 3 is 2.86 bits per heavy atom. The molecule has 2 aromatic rings. The highest BCUT2D eigenvalue weighted by atomic mass is 15.3. The first-order valence-electron chi connectivity index (χ1n) is 8.25. The molecule has 0 fully saturated rings. The topological polar surface area (TPSA) is 58.4 Å². The van der Waals surface area contributed by atoms with Gasteiger partial charge >= 0.3 is 0 Å². The molecule has 6 nitrogen and oxygen atoms in total. The maximum Gasteiger partial charge on any atom is 0.254 e. The van der Waals surface area contributed by atoms with E-state index < -0.39 is 0 Å². The highest BCUT2D eigenvalue weighted by Gasteiger charge is 2.07. The van der Waals surface area contributed by atoms with Crippen LogP contribution in [-0.4, -0.2) is 50.7 Å². The Morgan fingerprint density at radius 2 is 2.14 bits per heavy atom. The summed E-state index contributed by atoms with van der Waals surface area (Å²) in [5.74, 6) is 1.66. The first-order chi connectivity index (χ1) is 10.6. The van der Waals surface area contributed by atoms with Crippen molar-refractivity contribution in [1.29, 1.82) is 0 Å². The van der Waals surface area contributed by atoms with Crippen molar-refractivity contribution < 1.29 is 0 Å². The van der Waals surface area contributed by atoms with Crippen LogP contribution in [0.5, 0.6) is 0 Å². The molecule has 0 aromatic carbocycles. The van der Waals surface area contributed by atoms with Crippen molar-refractivity contribution in [3.05, 3.63) is 18.1 Å². The van der Waals surface area contributed by atoms with Gasteiger partial charge in [0.2, 0.25) is 0 Å². The second kappa shape index (κ2) is 8.08. The summed E-state index contributed by atoms with van der Waals surface area (Å²) in [4.78, 5) is 11.1. The third-order valence-corrected chi connectivity index (χ3v) is 3.94. The monoisotopic (exact) mass is 304 g/mol. The number of hydrogen-bond acceptors (Lipinski definition) is 5. The van der Waals surface area contributed by atoms with Crippen molar-refractivity contribution in [2.24, 2.45) is 0 Å². The summed E-state index contributed by atoms with van der Waals surface area (Å²) in [5.41, 5.74) is 1.07. The fourth-order valence-corrected chi connectivity index (χ4v) is 2.33. The zero-order valence-electron chi connectivity index (χ0n) is 14.2. The minimum atomic E-state index is 0.611. The Hall–Kier alpha value is -1.69. The number of rotatable bonds is 9. The smallest absolute Gasteiger partial charge is 0.254 e. The number of nitrogens with one attached hydrogen (secondary N) is 1. The Morgan fingerprint density at radius 1 is 1.32 bits per heavy atom. The minimum absolute atomic E-state index is 0.611. The molecule has 2 heterocycles. The van der Waals surface area contributed by atoms with Crippen LogP contribution in [-0.2, 0) is 6.42 Å². The second-order valence-corrected chi connectivity index (χ2v) is 6.06. The molecule has 2 rings (SSSR count). The maximum atomic E-state index is 4.52. The van der Waals surface area contributed by atoms with Gasteiger partial charge < -0.3 is 10.2 Å². The van der Waals surface area contributed by atoms with Gasteiger partial charge in [-0.15, -0.1) is 0 Å². The van der Waals surface area contributed by atoms with Crippen LogP contribution >= 0.6 is 0 Å². The SMILES string of the molecule is CCCc1cc(NCCCCN(C)C(C)C)n2ncnc2n1. The molecule has 2 aromatic heterocycles. The average molecular weight is 304 g/mol. The summed E-state index contributed by atoms with van der Waals surface area (Å²) < 4.78 is 1.78. The van der Waals surface area contributed by atoms with Crippen molar-refractivity contribution >= 4 is 11.6 Å². The number of anilines is 1. The van der Waals surface area contributed by atoms with Crippen LogP contribution in [0.2, 0.25) is 0 Å². The first kappa shape index (κ1) is 16.7. The number of fused-ring (bicyclic) bond motifs is 1. The van der Waals surface area contributed by atoms with Crippen molar-refractivity contribution in [3.63, 3.8) is 0 Å². The van der Waals surface area contributed by atoms with E-state index in [0.717, 1.165) is 43.9 Å². The lowest BCUT2D eigenvalue weighted by atomic mass is 10.2. The number of hydrogen-bond donors (Lipinski definition) is 1. The molecule has 1 N–H and O–H groups in total. The van der Waals surface area contributed by atoms with E-state index in [-0.39, 0.29) is 0 Å². The molecule has 0 aliphatic carbocycles. The largest absolute Gasteiger partial charge is 0.370 e. The van der Waals surface area contributed by atoms with Crippen LogP contribution in [0.3, 0.4) is 0 Å². The van der Waals surface area contributed by atoms with Crippen LogP contribution in [0.1, 0.15) is 45.7 Å². The predicted octanol–water partition coefficient (Wildman–Crippen LogP) is 2.61. The molecule has 0 spiro atoms. The van der Waals surface area contributed by atoms with E-state index in [0.29, 0.717) is 11.8 Å². The Balaban J connectivity index is 1.89. The lowest BCUT2D eigenvalue weighted by Crippen LogP contribution is -2.27. The van der Waals surface area contributed by atoms with Crippen molar-refractivity contribution in [1.82, 2.24) is 24.5 Å². The summed E-state index contributed by atoms with van der Waals surface area (Å²) in [6, 6.07) is 2.70. The van der Waals surface area contributed by atoms with Crippen LogP contribution in [0.25, 0.3) is 5.78 Å². The van der Waals surface area contributed by atoms with Gasteiger partial charge in [0.25, 0.3) is 5.78 Å². The summed E-state index contributed by atoms with van der Waals surface area (Å²) in [5, 5.41) is 7.72. The molecule has 0 saturated carbocycles. The Kier molecular flexibility index (Phi) is 6.12. The number of aromatic nitrogens is 4. The van der Waals surface area contributed by atoms with Gasteiger partial charge in [0.1, 0.15) is 12.1 Å². The standard InChI is InChI=1S/C16H28N6/c1-5-8-14-11-15(22-16(20-14)18-12-19-22)17-9-6-7-10-21(4)13(2)3/h11-13,17H,5-10H2,1-4H3. The molecule has 6 heteroatoms. The van der Waals surface area contributed by atoms with E-state index in [1.807, 2.05) is 0 Å². The van der Waals surface area contributed by atoms with E-state index in [2.05, 4.69) is 59.2 Å². The van der Waals surface area contributed by atoms with Gasteiger partial charge in [-0.1, -0.05) is 13.3 Å². The molecule has 22 heavy (non-hydrogen) atoms. The summed E-state index contributed by atoms with van der Waals surface area (Å²) in [6.45, 7) is 8.69. The highest BCUT2D eigenvalue weighted by Crippen LogP contribution is 2.12. The highest BCUT2D eigenvalue weighted by molar-refractivity contribution is 5.44. The molecule has 0 radical (unpaired) electrons. The van der Waals surface area contributed by atoms with Gasteiger partial charge in [0, 0.05) is 24.3 Å². The minimum Gasteiger partial charge on any atom is -0.370 e. The molecule has 0 amide bonds. The van der Waals surface area contributed by atoms with Gasteiger partial charge in [-0.3, -0.25) is 0 Å². The van der Waals surface area contributed by atoms with Crippen molar-refractivity contribution in [2.45, 2.75) is 52.5 Å². The Labute approximate surface area is 133 Å². The third kappa shape index (κ3) is 4.40. The lowest BCUT2D eigenvalue weighted by Gasteiger charge is -2.20. The second-order valence-electron chi connectivity index (χ2n) is 6.06. The summed E-state index contributed by atoms with van der Waals surface area (Å²) in [6.07, 6.45) is 5.93. The fourth-order valence-electron chi connectivity index (χ4n) is 2.33. The Bertz CT molecular complexity index is 577. The van der Waals surface area contributed by atoms with Crippen LogP contribution in [0.4, 0.5) is 5.82 Å². The van der Waals surface area contributed by atoms with Gasteiger partial charge in [-0.25, -0.2) is 4.98 Å². The normalized spacial score (nSPS) is 11.7. The molecule has 0 atom stereocenters. The maximum absolute atomic E-state index is 4.52. The molecule has 122 valence electrons. The molecular formula is C16H28N6. The molecule has 0 bridgehead atoms. The van der Waals surface area contributed by atoms with Crippen LogP contribution in [0.15, 0.2) is 12.4 Å². The molecule has 0 aliphatic rings. The van der Waals surface area contributed by atoms with Gasteiger partial charge in [-0.2, -0.15) is 14.6 Å². The zero-order chi connectivity index (χ0) is 15.9. The quantitative estimate of drug-likeness (QED) is 0.722. The number of aryl methyl sites for hydroxylation is 1. The summed E-state index contributed by atoms with van der Waals surface area (Å²) in [7, 11) is 2.18. The number of nitrogens with zero attached hydrogens (tertiary/aromatic N) is 5. The molecule has 0 saturated heterocycles. The van der Waals surface area contributed by atoms with Gasteiger partial charge in [0.15, 0.2) is 0 Å².